The normalized spacial score (nSPS) is 18.0. The summed E-state index contributed by atoms with van der Waals surface area (Å²) in [5, 5.41) is 0. The zero-order valence-electron chi connectivity index (χ0n) is 15.8. The van der Waals surface area contributed by atoms with Crippen LogP contribution in [-0.2, 0) is 14.2 Å². The highest BCUT2D eigenvalue weighted by Gasteiger charge is 2.90. The minimum Gasteiger partial charge on any atom is -0.243 e. The van der Waals surface area contributed by atoms with Gasteiger partial charge in [-0.2, -0.15) is 92.2 Å². The van der Waals surface area contributed by atoms with Gasteiger partial charge in [0.2, 0.25) is 0 Å². The molecular formula is C11F24O3. The van der Waals surface area contributed by atoms with E-state index in [1.165, 1.54) is 0 Å². The van der Waals surface area contributed by atoms with Crippen LogP contribution in [0.25, 0.3) is 0 Å². The van der Waals surface area contributed by atoms with E-state index in [1.54, 1.807) is 0 Å². The molecular weight excluding hydrogens is 636 g/mol. The van der Waals surface area contributed by atoms with E-state index >= 15 is 0 Å². The second-order valence-electron chi connectivity index (χ2n) is 6.13. The number of ether oxygens (including phenoxy) is 3. The second-order valence-corrected chi connectivity index (χ2v) is 6.13. The van der Waals surface area contributed by atoms with Crippen molar-refractivity contribution in [2.24, 2.45) is 0 Å². The first-order valence-electron chi connectivity index (χ1n) is 7.51. The Morgan fingerprint density at radius 1 is 0.263 bits per heavy atom. The molecule has 38 heavy (non-hydrogen) atoms. The molecule has 1 unspecified atom stereocenters. The lowest BCUT2D eigenvalue weighted by atomic mass is 10.0. The van der Waals surface area contributed by atoms with Gasteiger partial charge < -0.3 is 0 Å². The molecule has 0 radical (unpaired) electrons. The topological polar surface area (TPSA) is 27.7 Å². The third kappa shape index (κ3) is 6.01. The maximum atomic E-state index is 13.3. The largest absolute Gasteiger partial charge is 0.525 e. The summed E-state index contributed by atoms with van der Waals surface area (Å²) >= 11 is 0. The molecule has 230 valence electrons. The Balaban J connectivity index is 6.56. The summed E-state index contributed by atoms with van der Waals surface area (Å²) in [6, 6.07) is 0. The van der Waals surface area contributed by atoms with Crippen molar-refractivity contribution in [3.8, 4) is 0 Å². The van der Waals surface area contributed by atoms with Crippen LogP contribution >= 0.6 is 0 Å². The monoisotopic (exact) mass is 636 g/mol. The quantitative estimate of drug-likeness (QED) is 0.231. The van der Waals surface area contributed by atoms with Gasteiger partial charge in [-0.25, -0.2) is 14.2 Å². The number of rotatable bonds is 10. The Labute approximate surface area is 188 Å². The van der Waals surface area contributed by atoms with Crippen LogP contribution in [0.5, 0.6) is 0 Å². The van der Waals surface area contributed by atoms with E-state index in [4.69, 9.17) is 0 Å². The van der Waals surface area contributed by atoms with Crippen molar-refractivity contribution in [2.45, 2.75) is 66.8 Å². The fourth-order valence-corrected chi connectivity index (χ4v) is 1.57. The zero-order chi connectivity index (χ0) is 31.6. The molecule has 0 aromatic heterocycles. The van der Waals surface area contributed by atoms with Crippen LogP contribution in [0, 0.1) is 0 Å². The molecule has 0 aliphatic carbocycles. The molecule has 0 heterocycles. The third-order valence-electron chi connectivity index (χ3n) is 3.36. The summed E-state index contributed by atoms with van der Waals surface area (Å²) in [6.07, 6.45) is -56.4. The van der Waals surface area contributed by atoms with Crippen molar-refractivity contribution in [3.05, 3.63) is 0 Å². The molecule has 0 aromatic carbocycles. The maximum absolute atomic E-state index is 13.3. The van der Waals surface area contributed by atoms with Gasteiger partial charge in [0.25, 0.3) is 0 Å². The predicted octanol–water partition coefficient (Wildman–Crippen LogP) is 7.62. The fourth-order valence-electron chi connectivity index (χ4n) is 1.57. The fraction of sp³-hybridized carbons (Fsp3) is 1.00. The Hall–Kier alpha value is -1.80. The van der Waals surface area contributed by atoms with Gasteiger partial charge in [-0.1, -0.05) is 0 Å². The average molecular weight is 636 g/mol. The molecule has 0 fully saturated rings. The van der Waals surface area contributed by atoms with E-state index in [2.05, 4.69) is 0 Å². The smallest absolute Gasteiger partial charge is 0.243 e. The van der Waals surface area contributed by atoms with Crippen LogP contribution < -0.4 is 0 Å². The van der Waals surface area contributed by atoms with Gasteiger partial charge in [0.05, 0.1) is 0 Å². The highest BCUT2D eigenvalue weighted by molar-refractivity contribution is 5.04. The van der Waals surface area contributed by atoms with E-state index in [0.717, 1.165) is 14.2 Å². The SMILES string of the molecule is FC(F)(F)OC(F)(C(F)(F)F)C(F)(F)OC(F)(F)C(F)(F)OC(F)(F)C(F)(F)C(F)(F)C(F)(F)C(F)(F)F. The Kier molecular flexibility index (Phi) is 8.69. The summed E-state index contributed by atoms with van der Waals surface area (Å²) in [5.74, 6) is -33.7. The molecule has 27 heteroatoms. The summed E-state index contributed by atoms with van der Waals surface area (Å²) < 4.78 is 306. The first kappa shape index (κ1) is 36.2. The average Bonchev–Trinajstić information content (AvgIpc) is 2.55. The Bertz CT molecular complexity index is 833. The predicted molar refractivity (Wildman–Crippen MR) is 59.9 cm³/mol. The van der Waals surface area contributed by atoms with E-state index in [-0.39, 0.29) is 0 Å². The zero-order valence-corrected chi connectivity index (χ0v) is 15.8. The van der Waals surface area contributed by atoms with Gasteiger partial charge in [-0.05, 0) is 0 Å². The summed E-state index contributed by atoms with van der Waals surface area (Å²) in [4.78, 5) is 0. The van der Waals surface area contributed by atoms with Crippen molar-refractivity contribution in [1.29, 1.82) is 0 Å². The van der Waals surface area contributed by atoms with Gasteiger partial charge >= 0.3 is 66.8 Å². The van der Waals surface area contributed by atoms with Crippen LogP contribution in [0.4, 0.5) is 105 Å². The van der Waals surface area contributed by atoms with Gasteiger partial charge in [0.15, 0.2) is 0 Å². The van der Waals surface area contributed by atoms with Crippen molar-refractivity contribution in [2.75, 3.05) is 0 Å². The van der Waals surface area contributed by atoms with E-state index in [0.29, 0.717) is 0 Å². The summed E-state index contributed by atoms with van der Waals surface area (Å²) in [6.45, 7) is 0. The van der Waals surface area contributed by atoms with Gasteiger partial charge in [-0.3, -0.25) is 0 Å². The van der Waals surface area contributed by atoms with Crippen LogP contribution in [-0.4, -0.2) is 66.8 Å². The minimum atomic E-state index is -8.70. The maximum Gasteiger partial charge on any atom is 0.525 e. The lowest BCUT2D eigenvalue weighted by Crippen LogP contribution is -2.69. The first-order valence-corrected chi connectivity index (χ1v) is 7.51. The van der Waals surface area contributed by atoms with Gasteiger partial charge in [0, 0.05) is 0 Å². The molecule has 0 aliphatic heterocycles. The van der Waals surface area contributed by atoms with Crippen LogP contribution in [0.2, 0.25) is 0 Å². The minimum absolute atomic E-state index is 0.922. The molecule has 0 aromatic rings. The molecule has 0 rings (SSSR count). The van der Waals surface area contributed by atoms with Crippen LogP contribution in [0.15, 0.2) is 0 Å². The van der Waals surface area contributed by atoms with Crippen LogP contribution in [0.1, 0.15) is 0 Å². The molecule has 3 nitrogen and oxygen atoms in total. The highest BCUT2D eigenvalue weighted by Crippen LogP contribution is 2.59. The van der Waals surface area contributed by atoms with E-state index in [1.807, 2.05) is 0 Å². The number of alkyl halides is 24. The Morgan fingerprint density at radius 3 is 0.842 bits per heavy atom. The lowest BCUT2D eigenvalue weighted by Gasteiger charge is -2.39. The molecule has 0 amide bonds. The van der Waals surface area contributed by atoms with E-state index in [9.17, 15) is 105 Å². The standard InChI is InChI=1S/C11F24O3/c12-1(13,2(14,15)5(19,20)21)3(16,17)7(25,26)37-9(29,30)10(31,32)38-8(27,28)4(18,6(22,23)24)36-11(33,34)35. The molecule has 0 saturated carbocycles. The van der Waals surface area contributed by atoms with Crippen molar-refractivity contribution in [3.63, 3.8) is 0 Å². The van der Waals surface area contributed by atoms with Crippen molar-refractivity contribution >= 4 is 0 Å². The molecule has 0 bridgehead atoms. The van der Waals surface area contributed by atoms with Gasteiger partial charge in [0.1, 0.15) is 0 Å². The van der Waals surface area contributed by atoms with Gasteiger partial charge in [-0.15, -0.1) is 13.2 Å². The lowest BCUT2D eigenvalue weighted by molar-refractivity contribution is -0.578. The van der Waals surface area contributed by atoms with Crippen molar-refractivity contribution in [1.82, 2.24) is 0 Å². The third-order valence-corrected chi connectivity index (χ3v) is 3.36. The van der Waals surface area contributed by atoms with E-state index < -0.39 is 66.8 Å². The summed E-state index contributed by atoms with van der Waals surface area (Å²) in [5.41, 5.74) is 0. The van der Waals surface area contributed by atoms with Crippen LogP contribution in [0.3, 0.4) is 0 Å². The van der Waals surface area contributed by atoms with Crippen molar-refractivity contribution < 1.29 is 120 Å². The second kappa shape index (κ2) is 9.12. The Morgan fingerprint density at radius 2 is 0.579 bits per heavy atom. The highest BCUT2D eigenvalue weighted by atomic mass is 19.4. The molecule has 0 spiro atoms. The summed E-state index contributed by atoms with van der Waals surface area (Å²) in [7, 11) is 0. The molecule has 0 aliphatic rings. The first-order chi connectivity index (χ1) is 15.9. The number of hydrogen-bond donors (Lipinski definition) is 0. The molecule has 1 atom stereocenters. The molecule has 0 N–H and O–H groups in total. The molecule has 0 saturated heterocycles. The number of hydrogen-bond acceptors (Lipinski definition) is 3. The number of halogens is 24.